The average molecular weight is 245 g/mol. The maximum atomic E-state index is 11.6. The third kappa shape index (κ3) is 3.98. The van der Waals surface area contributed by atoms with E-state index in [0.29, 0.717) is 19.3 Å². The molecule has 0 aromatic rings. The van der Waals surface area contributed by atoms with Crippen molar-refractivity contribution in [2.24, 2.45) is 0 Å². The normalized spacial score (nSPS) is 27.5. The minimum absolute atomic E-state index is 0.139. The number of aliphatic hydroxyl groups is 1. The van der Waals surface area contributed by atoms with Crippen LogP contribution in [0.25, 0.3) is 0 Å². The van der Waals surface area contributed by atoms with Gasteiger partial charge in [-0.05, 0) is 26.2 Å². The quantitative estimate of drug-likeness (QED) is 0.628. The van der Waals surface area contributed by atoms with Gasteiger partial charge in [0, 0.05) is 6.54 Å². The molecule has 1 aliphatic heterocycles. The number of carbonyl (C=O) groups excluding carboxylic acids is 1. The molecule has 6 heteroatoms. The smallest absolute Gasteiger partial charge is 0.332 e. The zero-order valence-electron chi connectivity index (χ0n) is 10.1. The van der Waals surface area contributed by atoms with E-state index in [2.05, 4.69) is 5.32 Å². The lowest BCUT2D eigenvalue weighted by atomic mass is 10.0. The predicted molar refractivity (Wildman–Crippen MR) is 59.5 cm³/mol. The molecule has 0 saturated carbocycles. The summed E-state index contributed by atoms with van der Waals surface area (Å²) in [7, 11) is 0. The van der Waals surface area contributed by atoms with Gasteiger partial charge in [0.15, 0.2) is 6.10 Å². The number of carbonyl (C=O) groups is 2. The Kier molecular flexibility index (Phi) is 4.47. The van der Waals surface area contributed by atoms with Crippen LogP contribution >= 0.6 is 0 Å². The molecule has 6 nitrogen and oxygen atoms in total. The minimum Gasteiger partial charge on any atom is -0.479 e. The predicted octanol–water partition coefficient (Wildman–Crippen LogP) is -0.104. The first-order valence-electron chi connectivity index (χ1n) is 5.74. The molecule has 0 aliphatic carbocycles. The Morgan fingerprint density at radius 3 is 2.47 bits per heavy atom. The first-order chi connectivity index (χ1) is 7.85. The number of nitrogens with one attached hydrogen (secondary N) is 1. The SMILES string of the molecule is CCC(C)(O)CNC(=O)C1CCC(C(=O)O)O1. The van der Waals surface area contributed by atoms with E-state index in [1.54, 1.807) is 6.92 Å². The maximum Gasteiger partial charge on any atom is 0.332 e. The highest BCUT2D eigenvalue weighted by Gasteiger charge is 2.35. The molecule has 0 spiro atoms. The van der Waals surface area contributed by atoms with E-state index in [-0.39, 0.29) is 12.5 Å². The summed E-state index contributed by atoms with van der Waals surface area (Å²) in [5.41, 5.74) is -0.944. The summed E-state index contributed by atoms with van der Waals surface area (Å²) in [5, 5.41) is 21.0. The van der Waals surface area contributed by atoms with Crippen LogP contribution in [-0.2, 0) is 14.3 Å². The lowest BCUT2D eigenvalue weighted by Gasteiger charge is -2.22. The van der Waals surface area contributed by atoms with Crippen molar-refractivity contribution in [3.8, 4) is 0 Å². The number of carboxylic acids is 1. The largest absolute Gasteiger partial charge is 0.479 e. The van der Waals surface area contributed by atoms with Crippen LogP contribution in [0.1, 0.15) is 33.1 Å². The van der Waals surface area contributed by atoms with Gasteiger partial charge in [0.05, 0.1) is 5.60 Å². The van der Waals surface area contributed by atoms with Gasteiger partial charge in [0.1, 0.15) is 6.10 Å². The Hall–Kier alpha value is -1.14. The van der Waals surface area contributed by atoms with Gasteiger partial charge in [-0.25, -0.2) is 4.79 Å². The van der Waals surface area contributed by atoms with Crippen molar-refractivity contribution in [1.29, 1.82) is 0 Å². The summed E-state index contributed by atoms with van der Waals surface area (Å²) >= 11 is 0. The number of hydrogen-bond acceptors (Lipinski definition) is 4. The first kappa shape index (κ1) is 13.9. The zero-order valence-corrected chi connectivity index (χ0v) is 10.1. The highest BCUT2D eigenvalue weighted by molar-refractivity contribution is 5.82. The summed E-state index contributed by atoms with van der Waals surface area (Å²) < 4.78 is 5.09. The van der Waals surface area contributed by atoms with Gasteiger partial charge in [0.2, 0.25) is 5.91 Å². The summed E-state index contributed by atoms with van der Waals surface area (Å²) in [6.07, 6.45) is -0.341. The molecule has 1 fully saturated rings. The number of rotatable bonds is 5. The monoisotopic (exact) mass is 245 g/mol. The second-order valence-corrected chi connectivity index (χ2v) is 4.60. The molecular formula is C11H19NO5. The summed E-state index contributed by atoms with van der Waals surface area (Å²) in [4.78, 5) is 22.3. The fraction of sp³-hybridized carbons (Fsp3) is 0.818. The minimum atomic E-state index is -1.04. The van der Waals surface area contributed by atoms with Crippen LogP contribution in [-0.4, -0.2) is 46.4 Å². The van der Waals surface area contributed by atoms with E-state index in [4.69, 9.17) is 9.84 Å². The molecule has 98 valence electrons. The van der Waals surface area contributed by atoms with Crippen LogP contribution in [0.2, 0.25) is 0 Å². The number of aliphatic carboxylic acids is 1. The Morgan fingerprint density at radius 2 is 2.00 bits per heavy atom. The molecule has 1 rings (SSSR count). The summed E-state index contributed by atoms with van der Waals surface area (Å²) in [5.74, 6) is -1.40. The van der Waals surface area contributed by atoms with E-state index in [0.717, 1.165) is 0 Å². The Morgan fingerprint density at radius 1 is 1.41 bits per heavy atom. The maximum absolute atomic E-state index is 11.6. The van der Waals surface area contributed by atoms with Crippen LogP contribution < -0.4 is 5.32 Å². The third-order valence-electron chi connectivity index (χ3n) is 2.99. The number of amides is 1. The summed E-state index contributed by atoms with van der Waals surface area (Å²) in [6.45, 7) is 3.58. The number of ether oxygens (including phenoxy) is 1. The van der Waals surface area contributed by atoms with E-state index >= 15 is 0 Å². The van der Waals surface area contributed by atoms with Crippen molar-refractivity contribution >= 4 is 11.9 Å². The van der Waals surface area contributed by atoms with Crippen molar-refractivity contribution < 1.29 is 24.5 Å². The van der Waals surface area contributed by atoms with Crippen molar-refractivity contribution in [2.75, 3.05) is 6.54 Å². The van der Waals surface area contributed by atoms with Crippen LogP contribution in [0.4, 0.5) is 0 Å². The molecule has 1 heterocycles. The summed E-state index contributed by atoms with van der Waals surface area (Å²) in [6, 6.07) is 0. The molecule has 1 amide bonds. The van der Waals surface area contributed by atoms with E-state index < -0.39 is 23.8 Å². The second kappa shape index (κ2) is 5.46. The van der Waals surface area contributed by atoms with Gasteiger partial charge in [-0.15, -0.1) is 0 Å². The Labute approximate surface area is 100.0 Å². The molecule has 3 unspecified atom stereocenters. The van der Waals surface area contributed by atoms with Crippen LogP contribution in [0.15, 0.2) is 0 Å². The highest BCUT2D eigenvalue weighted by atomic mass is 16.5. The van der Waals surface area contributed by atoms with Crippen molar-refractivity contribution in [1.82, 2.24) is 5.32 Å². The van der Waals surface area contributed by atoms with Gasteiger partial charge in [0.25, 0.3) is 0 Å². The Balaban J connectivity index is 2.37. The molecule has 0 bridgehead atoms. The van der Waals surface area contributed by atoms with Gasteiger partial charge >= 0.3 is 5.97 Å². The zero-order chi connectivity index (χ0) is 13.1. The molecule has 0 radical (unpaired) electrons. The van der Waals surface area contributed by atoms with Gasteiger partial charge in [-0.2, -0.15) is 0 Å². The van der Waals surface area contributed by atoms with Crippen molar-refractivity contribution in [2.45, 2.75) is 50.9 Å². The molecule has 1 saturated heterocycles. The Bertz CT molecular complexity index is 302. The standard InChI is InChI=1S/C11H19NO5/c1-3-11(2,16)6-12-9(13)7-4-5-8(17-7)10(14)15/h7-8,16H,3-6H2,1-2H3,(H,12,13)(H,14,15). The molecule has 0 aromatic heterocycles. The highest BCUT2D eigenvalue weighted by Crippen LogP contribution is 2.20. The van der Waals surface area contributed by atoms with Crippen LogP contribution in [0, 0.1) is 0 Å². The fourth-order valence-electron chi connectivity index (χ4n) is 1.53. The van der Waals surface area contributed by atoms with Crippen molar-refractivity contribution in [3.05, 3.63) is 0 Å². The lowest BCUT2D eigenvalue weighted by Crippen LogP contribution is -2.44. The van der Waals surface area contributed by atoms with E-state index in [1.807, 2.05) is 6.92 Å². The fourth-order valence-corrected chi connectivity index (χ4v) is 1.53. The first-order valence-corrected chi connectivity index (χ1v) is 5.74. The third-order valence-corrected chi connectivity index (χ3v) is 2.99. The molecule has 3 N–H and O–H groups in total. The van der Waals surface area contributed by atoms with Gasteiger partial charge in [-0.3, -0.25) is 4.79 Å². The number of carboxylic acid groups (broad SMARTS) is 1. The van der Waals surface area contributed by atoms with E-state index in [1.165, 1.54) is 0 Å². The molecule has 1 aliphatic rings. The van der Waals surface area contributed by atoms with Crippen molar-refractivity contribution in [3.63, 3.8) is 0 Å². The lowest BCUT2D eigenvalue weighted by molar-refractivity contribution is -0.152. The second-order valence-electron chi connectivity index (χ2n) is 4.60. The molecular weight excluding hydrogens is 226 g/mol. The van der Waals surface area contributed by atoms with Crippen LogP contribution in [0.5, 0.6) is 0 Å². The molecule has 0 aromatic carbocycles. The van der Waals surface area contributed by atoms with Gasteiger partial charge in [-0.1, -0.05) is 6.92 Å². The van der Waals surface area contributed by atoms with Gasteiger partial charge < -0.3 is 20.3 Å². The molecule has 17 heavy (non-hydrogen) atoms. The topological polar surface area (TPSA) is 95.9 Å². The number of hydrogen-bond donors (Lipinski definition) is 3. The van der Waals surface area contributed by atoms with Crippen LogP contribution in [0.3, 0.4) is 0 Å². The molecule has 3 atom stereocenters. The average Bonchev–Trinajstić information content (AvgIpc) is 2.75. The van der Waals surface area contributed by atoms with E-state index in [9.17, 15) is 14.7 Å².